The molecule has 1 aromatic carbocycles. The maximum Gasteiger partial charge on any atom is 0.338 e. The third-order valence-electron chi connectivity index (χ3n) is 3.21. The third kappa shape index (κ3) is 5.71. The van der Waals surface area contributed by atoms with E-state index in [1.165, 1.54) is 12.1 Å². The van der Waals surface area contributed by atoms with Crippen molar-refractivity contribution in [3.8, 4) is 5.75 Å². The molecule has 0 unspecified atom stereocenters. The highest BCUT2D eigenvalue weighted by Gasteiger charge is 2.11. The summed E-state index contributed by atoms with van der Waals surface area (Å²) in [6.45, 7) is 9.53. The van der Waals surface area contributed by atoms with Crippen LogP contribution in [-0.4, -0.2) is 43.7 Å². The van der Waals surface area contributed by atoms with Gasteiger partial charge >= 0.3 is 5.97 Å². The van der Waals surface area contributed by atoms with Crippen LogP contribution >= 0.6 is 0 Å². The van der Waals surface area contributed by atoms with Crippen molar-refractivity contribution in [2.45, 2.75) is 27.2 Å². The van der Waals surface area contributed by atoms with E-state index in [9.17, 15) is 9.18 Å². The standard InChI is InChI=1S/C16H24FNO3/c1-4-18(5-2)10-7-11-21-16(19)13-8-9-15(20-6-3)14(17)12-13/h8-9,12H,4-7,10-11H2,1-3H3. The number of carbonyl (C=O) groups is 1. The molecule has 0 aliphatic rings. The van der Waals surface area contributed by atoms with Crippen molar-refractivity contribution >= 4 is 5.97 Å². The molecule has 0 saturated heterocycles. The second-order valence-electron chi connectivity index (χ2n) is 4.59. The van der Waals surface area contributed by atoms with Gasteiger partial charge in [-0.3, -0.25) is 0 Å². The molecule has 118 valence electrons. The van der Waals surface area contributed by atoms with Crippen LogP contribution in [-0.2, 0) is 4.74 Å². The Bertz CT molecular complexity index is 447. The van der Waals surface area contributed by atoms with E-state index in [4.69, 9.17) is 9.47 Å². The quantitative estimate of drug-likeness (QED) is 0.518. The minimum atomic E-state index is -0.547. The first kappa shape index (κ1) is 17.4. The smallest absolute Gasteiger partial charge is 0.338 e. The molecule has 0 bridgehead atoms. The highest BCUT2D eigenvalue weighted by molar-refractivity contribution is 5.89. The zero-order valence-corrected chi connectivity index (χ0v) is 13.0. The summed E-state index contributed by atoms with van der Waals surface area (Å²) in [7, 11) is 0. The van der Waals surface area contributed by atoms with Crippen LogP contribution in [0.4, 0.5) is 4.39 Å². The fraction of sp³-hybridized carbons (Fsp3) is 0.562. The van der Waals surface area contributed by atoms with E-state index >= 15 is 0 Å². The average molecular weight is 297 g/mol. The molecule has 0 atom stereocenters. The topological polar surface area (TPSA) is 38.8 Å². The fourth-order valence-electron chi connectivity index (χ4n) is 1.98. The molecule has 0 fully saturated rings. The van der Waals surface area contributed by atoms with Crippen LogP contribution in [0.15, 0.2) is 18.2 Å². The minimum absolute atomic E-state index is 0.149. The lowest BCUT2D eigenvalue weighted by Crippen LogP contribution is -2.25. The number of esters is 1. The Morgan fingerprint density at radius 2 is 1.95 bits per heavy atom. The second-order valence-corrected chi connectivity index (χ2v) is 4.59. The molecule has 4 nitrogen and oxygen atoms in total. The number of ether oxygens (including phenoxy) is 2. The number of benzene rings is 1. The lowest BCUT2D eigenvalue weighted by atomic mass is 10.2. The lowest BCUT2D eigenvalue weighted by Gasteiger charge is -2.17. The molecule has 0 saturated carbocycles. The Kier molecular flexibility index (Phi) is 7.75. The van der Waals surface area contributed by atoms with E-state index in [2.05, 4.69) is 18.7 Å². The average Bonchev–Trinajstić information content (AvgIpc) is 2.49. The summed E-state index contributed by atoms with van der Waals surface area (Å²) in [5.41, 5.74) is 0.207. The van der Waals surface area contributed by atoms with Gasteiger partial charge in [-0.05, 0) is 44.6 Å². The van der Waals surface area contributed by atoms with Crippen molar-refractivity contribution < 1.29 is 18.7 Å². The van der Waals surface area contributed by atoms with Crippen molar-refractivity contribution in [2.75, 3.05) is 32.8 Å². The van der Waals surface area contributed by atoms with Gasteiger partial charge in [0.05, 0.1) is 18.8 Å². The van der Waals surface area contributed by atoms with Crippen molar-refractivity contribution in [1.29, 1.82) is 0 Å². The van der Waals surface area contributed by atoms with Gasteiger partial charge in [-0.25, -0.2) is 9.18 Å². The van der Waals surface area contributed by atoms with E-state index < -0.39 is 11.8 Å². The molecule has 1 aromatic rings. The molecule has 21 heavy (non-hydrogen) atoms. The monoisotopic (exact) mass is 297 g/mol. The summed E-state index contributed by atoms with van der Waals surface area (Å²) in [5, 5.41) is 0. The van der Waals surface area contributed by atoms with Gasteiger partial charge in [0.15, 0.2) is 11.6 Å². The number of halogens is 1. The molecule has 0 spiro atoms. The molecule has 0 aliphatic carbocycles. The highest BCUT2D eigenvalue weighted by Crippen LogP contribution is 2.18. The minimum Gasteiger partial charge on any atom is -0.491 e. The van der Waals surface area contributed by atoms with Crippen LogP contribution in [0.3, 0.4) is 0 Å². The van der Waals surface area contributed by atoms with E-state index in [0.717, 1.165) is 32.1 Å². The van der Waals surface area contributed by atoms with E-state index in [-0.39, 0.29) is 11.3 Å². The van der Waals surface area contributed by atoms with Crippen molar-refractivity contribution in [1.82, 2.24) is 4.90 Å². The zero-order chi connectivity index (χ0) is 15.7. The van der Waals surface area contributed by atoms with Crippen molar-refractivity contribution in [2.24, 2.45) is 0 Å². The van der Waals surface area contributed by atoms with Gasteiger partial charge in [-0.2, -0.15) is 0 Å². The summed E-state index contributed by atoms with van der Waals surface area (Å²) >= 11 is 0. The van der Waals surface area contributed by atoms with E-state index in [1.54, 1.807) is 6.92 Å². The number of rotatable bonds is 9. The van der Waals surface area contributed by atoms with Crippen LogP contribution in [0.5, 0.6) is 5.75 Å². The Hall–Kier alpha value is -1.62. The fourth-order valence-corrected chi connectivity index (χ4v) is 1.98. The van der Waals surface area contributed by atoms with Gasteiger partial charge in [-0.15, -0.1) is 0 Å². The van der Waals surface area contributed by atoms with Gasteiger partial charge in [0.25, 0.3) is 0 Å². The van der Waals surface area contributed by atoms with E-state index in [0.29, 0.717) is 13.2 Å². The van der Waals surface area contributed by atoms with Gasteiger partial charge in [0.2, 0.25) is 0 Å². The van der Waals surface area contributed by atoms with Crippen LogP contribution in [0, 0.1) is 5.82 Å². The molecule has 1 rings (SSSR count). The Morgan fingerprint density at radius 1 is 1.24 bits per heavy atom. The number of hydrogen-bond acceptors (Lipinski definition) is 4. The predicted molar refractivity (Wildman–Crippen MR) is 80.3 cm³/mol. The largest absolute Gasteiger partial charge is 0.491 e. The summed E-state index contributed by atoms with van der Waals surface area (Å²) in [4.78, 5) is 14.1. The van der Waals surface area contributed by atoms with E-state index in [1.807, 2.05) is 0 Å². The van der Waals surface area contributed by atoms with Crippen LogP contribution < -0.4 is 4.74 Å². The first-order valence-corrected chi connectivity index (χ1v) is 7.44. The van der Waals surface area contributed by atoms with Crippen LogP contribution in [0.1, 0.15) is 37.6 Å². The molecule has 0 N–H and O–H groups in total. The summed E-state index contributed by atoms with van der Waals surface area (Å²) in [6.07, 6.45) is 0.771. The first-order valence-electron chi connectivity index (χ1n) is 7.44. The second kappa shape index (κ2) is 9.34. The normalized spacial score (nSPS) is 10.7. The lowest BCUT2D eigenvalue weighted by molar-refractivity contribution is 0.0489. The van der Waals surface area contributed by atoms with Crippen LogP contribution in [0.25, 0.3) is 0 Å². The summed E-state index contributed by atoms with van der Waals surface area (Å²) in [5.74, 6) is -0.901. The molecule has 0 heterocycles. The molecular weight excluding hydrogens is 273 g/mol. The highest BCUT2D eigenvalue weighted by atomic mass is 19.1. The van der Waals surface area contributed by atoms with Crippen molar-refractivity contribution in [3.63, 3.8) is 0 Å². The maximum absolute atomic E-state index is 13.6. The van der Waals surface area contributed by atoms with Gasteiger partial charge in [0, 0.05) is 6.54 Å². The summed E-state index contributed by atoms with van der Waals surface area (Å²) < 4.78 is 23.9. The molecule has 0 aromatic heterocycles. The predicted octanol–water partition coefficient (Wildman–Crippen LogP) is 3.11. The van der Waals surface area contributed by atoms with Crippen molar-refractivity contribution in [3.05, 3.63) is 29.6 Å². The van der Waals surface area contributed by atoms with Crippen LogP contribution in [0.2, 0.25) is 0 Å². The summed E-state index contributed by atoms with van der Waals surface area (Å²) in [6, 6.07) is 4.11. The van der Waals surface area contributed by atoms with Gasteiger partial charge in [-0.1, -0.05) is 13.8 Å². The molecule has 0 aliphatic heterocycles. The first-order chi connectivity index (χ1) is 10.1. The number of carbonyl (C=O) groups excluding carboxylic acids is 1. The Labute approximate surface area is 125 Å². The molecule has 0 radical (unpaired) electrons. The molecule has 5 heteroatoms. The van der Waals surface area contributed by atoms with Gasteiger partial charge in [0.1, 0.15) is 0 Å². The Morgan fingerprint density at radius 3 is 2.52 bits per heavy atom. The number of hydrogen-bond donors (Lipinski definition) is 0. The SMILES string of the molecule is CCOc1ccc(C(=O)OCCCN(CC)CC)cc1F. The number of nitrogens with zero attached hydrogens (tertiary/aromatic N) is 1. The maximum atomic E-state index is 13.6. The van der Waals surface area contributed by atoms with Gasteiger partial charge < -0.3 is 14.4 Å². The third-order valence-corrected chi connectivity index (χ3v) is 3.21. The molecular formula is C16H24FNO3. The molecule has 0 amide bonds. The zero-order valence-electron chi connectivity index (χ0n) is 13.0. The Balaban J connectivity index is 2.43.